The number of nitrogens with zero attached hydrogens (tertiary/aromatic N) is 2. The van der Waals surface area contributed by atoms with Gasteiger partial charge in [-0.1, -0.05) is 24.6 Å². The van der Waals surface area contributed by atoms with Crippen molar-refractivity contribution in [2.24, 2.45) is 0 Å². The Labute approximate surface area is 135 Å². The van der Waals surface area contributed by atoms with E-state index in [4.69, 9.17) is 9.47 Å². The van der Waals surface area contributed by atoms with Crippen molar-refractivity contribution in [1.29, 1.82) is 0 Å². The molecule has 22 heavy (non-hydrogen) atoms. The summed E-state index contributed by atoms with van der Waals surface area (Å²) in [6.07, 6.45) is 4.10. The first-order valence-corrected chi connectivity index (χ1v) is 8.49. The smallest absolute Gasteiger partial charge is 0.0701 e. The maximum Gasteiger partial charge on any atom is 0.0701 e. The van der Waals surface area contributed by atoms with Crippen molar-refractivity contribution < 1.29 is 9.47 Å². The summed E-state index contributed by atoms with van der Waals surface area (Å²) in [6, 6.07) is 10.7. The van der Waals surface area contributed by atoms with E-state index in [1.165, 1.54) is 38.0 Å². The third-order valence-corrected chi connectivity index (χ3v) is 4.19. The summed E-state index contributed by atoms with van der Waals surface area (Å²) in [5.74, 6) is 0. The number of para-hydroxylation sites is 1. The zero-order valence-electron chi connectivity index (χ0n) is 13.9. The average Bonchev–Trinajstić information content (AvgIpc) is 2.59. The minimum Gasteiger partial charge on any atom is -0.382 e. The van der Waals surface area contributed by atoms with Crippen LogP contribution in [0, 0.1) is 0 Å². The highest BCUT2D eigenvalue weighted by atomic mass is 16.5. The predicted molar refractivity (Wildman–Crippen MR) is 91.6 cm³/mol. The van der Waals surface area contributed by atoms with Gasteiger partial charge in [-0.15, -0.1) is 0 Å². The topological polar surface area (TPSA) is 24.9 Å². The van der Waals surface area contributed by atoms with Crippen LogP contribution in [0.5, 0.6) is 0 Å². The van der Waals surface area contributed by atoms with Crippen LogP contribution in [-0.4, -0.2) is 64.6 Å². The monoisotopic (exact) mass is 306 g/mol. The van der Waals surface area contributed by atoms with Gasteiger partial charge in [-0.25, -0.2) is 0 Å². The van der Waals surface area contributed by atoms with E-state index in [-0.39, 0.29) is 0 Å². The van der Waals surface area contributed by atoms with Gasteiger partial charge in [-0.05, 0) is 38.1 Å². The first kappa shape index (κ1) is 17.3. The fraction of sp³-hybridized carbons (Fsp3) is 0.667. The van der Waals surface area contributed by atoms with Gasteiger partial charge >= 0.3 is 0 Å². The summed E-state index contributed by atoms with van der Waals surface area (Å²) in [7, 11) is 1.71. The summed E-state index contributed by atoms with van der Waals surface area (Å²) in [5, 5.41) is 0. The SMILES string of the molecule is COCCOCCN(CCN1CCCCC1)c1ccccc1. The van der Waals surface area contributed by atoms with Crippen molar-refractivity contribution in [3.8, 4) is 0 Å². The zero-order chi connectivity index (χ0) is 15.5. The molecule has 1 aliphatic rings. The standard InChI is InChI=1S/C18H30N2O2/c1-21-16-17-22-15-14-20(18-8-4-2-5-9-18)13-12-19-10-6-3-7-11-19/h2,4-5,8-9H,3,6-7,10-17H2,1H3. The molecule has 1 aliphatic heterocycles. The zero-order valence-corrected chi connectivity index (χ0v) is 13.9. The molecule has 2 rings (SSSR count). The Bertz CT molecular complexity index is 380. The van der Waals surface area contributed by atoms with Crippen LogP contribution in [0.3, 0.4) is 0 Å². The Kier molecular flexibility index (Phi) is 8.31. The molecule has 0 radical (unpaired) electrons. The van der Waals surface area contributed by atoms with Gasteiger partial charge < -0.3 is 19.3 Å². The van der Waals surface area contributed by atoms with Gasteiger partial charge in [0.25, 0.3) is 0 Å². The van der Waals surface area contributed by atoms with Crippen LogP contribution >= 0.6 is 0 Å². The largest absolute Gasteiger partial charge is 0.382 e. The first-order chi connectivity index (χ1) is 10.9. The van der Waals surface area contributed by atoms with Crippen molar-refractivity contribution in [3.05, 3.63) is 30.3 Å². The van der Waals surface area contributed by atoms with Crippen molar-refractivity contribution in [1.82, 2.24) is 4.90 Å². The number of rotatable bonds is 10. The molecule has 0 spiro atoms. The molecule has 4 heteroatoms. The minimum absolute atomic E-state index is 0.666. The van der Waals surface area contributed by atoms with E-state index in [1.807, 2.05) is 0 Å². The second kappa shape index (κ2) is 10.6. The number of likely N-dealkylation sites (tertiary alicyclic amines) is 1. The van der Waals surface area contributed by atoms with E-state index in [0.29, 0.717) is 13.2 Å². The van der Waals surface area contributed by atoms with Crippen LogP contribution in [-0.2, 0) is 9.47 Å². The lowest BCUT2D eigenvalue weighted by molar-refractivity contribution is 0.0738. The Morgan fingerprint density at radius 1 is 0.955 bits per heavy atom. The van der Waals surface area contributed by atoms with Crippen LogP contribution in [0.1, 0.15) is 19.3 Å². The molecule has 0 unspecified atom stereocenters. The molecule has 0 saturated carbocycles. The van der Waals surface area contributed by atoms with Gasteiger partial charge in [0, 0.05) is 32.4 Å². The Morgan fingerprint density at radius 3 is 2.45 bits per heavy atom. The molecule has 0 N–H and O–H groups in total. The average molecular weight is 306 g/mol. The Balaban J connectivity index is 1.79. The summed E-state index contributed by atoms with van der Waals surface area (Å²) >= 11 is 0. The molecule has 4 nitrogen and oxygen atoms in total. The Morgan fingerprint density at radius 2 is 1.73 bits per heavy atom. The molecule has 0 aliphatic carbocycles. The maximum atomic E-state index is 5.64. The summed E-state index contributed by atoms with van der Waals surface area (Å²) in [6.45, 7) is 7.74. The van der Waals surface area contributed by atoms with Crippen LogP contribution in [0.2, 0.25) is 0 Å². The van der Waals surface area contributed by atoms with Crippen molar-refractivity contribution in [2.75, 3.05) is 64.6 Å². The highest BCUT2D eigenvalue weighted by molar-refractivity contribution is 5.45. The molecule has 0 atom stereocenters. The van der Waals surface area contributed by atoms with Crippen LogP contribution in [0.4, 0.5) is 5.69 Å². The van der Waals surface area contributed by atoms with Gasteiger partial charge in [0.1, 0.15) is 0 Å². The third kappa shape index (κ3) is 6.34. The third-order valence-electron chi connectivity index (χ3n) is 4.19. The van der Waals surface area contributed by atoms with Crippen LogP contribution in [0.15, 0.2) is 30.3 Å². The van der Waals surface area contributed by atoms with E-state index in [1.54, 1.807) is 7.11 Å². The van der Waals surface area contributed by atoms with Crippen LogP contribution < -0.4 is 4.90 Å². The second-order valence-electron chi connectivity index (χ2n) is 5.83. The lowest BCUT2D eigenvalue weighted by Crippen LogP contribution is -2.39. The lowest BCUT2D eigenvalue weighted by Gasteiger charge is -2.31. The van der Waals surface area contributed by atoms with E-state index < -0.39 is 0 Å². The molecular weight excluding hydrogens is 276 g/mol. The molecule has 0 bridgehead atoms. The first-order valence-electron chi connectivity index (χ1n) is 8.49. The van der Waals surface area contributed by atoms with Gasteiger partial charge in [-0.2, -0.15) is 0 Å². The molecule has 124 valence electrons. The number of hydrogen-bond donors (Lipinski definition) is 0. The molecule has 1 aromatic carbocycles. The molecular formula is C18H30N2O2. The van der Waals surface area contributed by atoms with Crippen molar-refractivity contribution in [3.63, 3.8) is 0 Å². The van der Waals surface area contributed by atoms with Crippen molar-refractivity contribution >= 4 is 5.69 Å². The molecule has 1 heterocycles. The molecule has 1 aromatic rings. The Hall–Kier alpha value is -1.10. The number of piperidine rings is 1. The predicted octanol–water partition coefficient (Wildman–Crippen LogP) is 2.64. The van der Waals surface area contributed by atoms with E-state index in [9.17, 15) is 0 Å². The highest BCUT2D eigenvalue weighted by Gasteiger charge is 2.12. The number of anilines is 1. The molecule has 0 aromatic heterocycles. The van der Waals surface area contributed by atoms with E-state index in [2.05, 4.69) is 40.1 Å². The quantitative estimate of drug-likeness (QED) is 0.621. The normalized spacial score (nSPS) is 15.9. The van der Waals surface area contributed by atoms with Gasteiger partial charge in [-0.3, -0.25) is 0 Å². The number of methoxy groups -OCH3 is 1. The van der Waals surface area contributed by atoms with Gasteiger partial charge in [0.05, 0.1) is 19.8 Å². The number of hydrogen-bond acceptors (Lipinski definition) is 4. The number of benzene rings is 1. The summed E-state index contributed by atoms with van der Waals surface area (Å²) < 4.78 is 10.7. The summed E-state index contributed by atoms with van der Waals surface area (Å²) in [4.78, 5) is 5.02. The highest BCUT2D eigenvalue weighted by Crippen LogP contribution is 2.14. The van der Waals surface area contributed by atoms with Crippen molar-refractivity contribution in [2.45, 2.75) is 19.3 Å². The van der Waals surface area contributed by atoms with Gasteiger partial charge in [0.2, 0.25) is 0 Å². The van der Waals surface area contributed by atoms with E-state index >= 15 is 0 Å². The van der Waals surface area contributed by atoms with E-state index in [0.717, 1.165) is 26.2 Å². The molecule has 0 amide bonds. The lowest BCUT2D eigenvalue weighted by atomic mass is 10.1. The second-order valence-corrected chi connectivity index (χ2v) is 5.83. The van der Waals surface area contributed by atoms with Crippen LogP contribution in [0.25, 0.3) is 0 Å². The fourth-order valence-corrected chi connectivity index (χ4v) is 2.87. The fourth-order valence-electron chi connectivity index (χ4n) is 2.87. The molecule has 1 fully saturated rings. The number of ether oxygens (including phenoxy) is 2. The minimum atomic E-state index is 0.666. The maximum absolute atomic E-state index is 5.64. The summed E-state index contributed by atoms with van der Waals surface area (Å²) in [5.41, 5.74) is 1.29. The van der Waals surface area contributed by atoms with Gasteiger partial charge in [0.15, 0.2) is 0 Å². The molecule has 1 saturated heterocycles.